The number of benzene rings is 1. The van der Waals surface area contributed by atoms with Crippen LogP contribution in [0, 0.1) is 17.2 Å². The lowest BCUT2D eigenvalue weighted by Crippen LogP contribution is -2.68. The summed E-state index contributed by atoms with van der Waals surface area (Å²) in [6.45, 7) is 2.03. The van der Waals surface area contributed by atoms with Gasteiger partial charge < -0.3 is 4.90 Å². The van der Waals surface area contributed by atoms with E-state index >= 15 is 0 Å². The van der Waals surface area contributed by atoms with Gasteiger partial charge in [-0.05, 0) is 28.9 Å². The summed E-state index contributed by atoms with van der Waals surface area (Å²) in [4.78, 5) is 2.08. The zero-order chi connectivity index (χ0) is 17.5. The van der Waals surface area contributed by atoms with Crippen LogP contribution < -0.4 is 28.2 Å². The highest BCUT2D eigenvalue weighted by atomic mass is 35.7. The van der Waals surface area contributed by atoms with E-state index < -0.39 is 10.2 Å². The molecule has 23 heavy (non-hydrogen) atoms. The van der Waals surface area contributed by atoms with Crippen molar-refractivity contribution in [3.8, 4) is 0 Å². The van der Waals surface area contributed by atoms with Crippen LogP contribution in [-0.2, 0) is 0 Å². The van der Waals surface area contributed by atoms with Crippen molar-refractivity contribution < 1.29 is 33.6 Å². The molecule has 0 saturated carbocycles. The van der Waals surface area contributed by atoms with Crippen molar-refractivity contribution in [2.24, 2.45) is 5.10 Å². The summed E-state index contributed by atoms with van der Waals surface area (Å²) in [5, 5.41) is 4.43. The number of halogens is 1. The fourth-order valence-corrected chi connectivity index (χ4v) is 1.64. The van der Waals surface area contributed by atoms with Gasteiger partial charge in [0.25, 0.3) is 0 Å². The monoisotopic (exact) mass is 339 g/mol. The van der Waals surface area contributed by atoms with Crippen molar-refractivity contribution >= 4 is 11.9 Å². The Labute approximate surface area is 137 Å². The Balaban J connectivity index is 0.000000463. The highest BCUT2D eigenvalue weighted by molar-refractivity contribution is 5.79. The van der Waals surface area contributed by atoms with Crippen LogP contribution >= 0.6 is 0 Å². The van der Waals surface area contributed by atoms with Crippen molar-refractivity contribution in [3.05, 3.63) is 59.9 Å². The van der Waals surface area contributed by atoms with E-state index in [1.165, 1.54) is 5.69 Å². The van der Waals surface area contributed by atoms with E-state index in [-0.39, 0.29) is 0 Å². The van der Waals surface area contributed by atoms with E-state index in [4.69, 9.17) is 18.6 Å². The number of aryl methyl sites for hydroxylation is 1. The standard InChI is InChI=1S/C15H18N3.ClHO4/c1-13-6-4-5-11-18(13)16-12-14-7-9-15(10-8-14)17(2)3;2-1(3,4)5/h4-12H,1-3H3;(H,2,3,4,5)/q+1;/p-1/b16-12+;. The van der Waals surface area contributed by atoms with Gasteiger partial charge in [-0.2, -0.15) is 0 Å². The van der Waals surface area contributed by atoms with Gasteiger partial charge >= 0.3 is 0 Å². The molecule has 1 aromatic heterocycles. The molecule has 0 fully saturated rings. The highest BCUT2D eigenvalue weighted by Crippen LogP contribution is 2.10. The minimum Gasteiger partial charge on any atom is -0.378 e. The zero-order valence-corrected chi connectivity index (χ0v) is 13.8. The molecule has 0 atom stereocenters. The third-order valence-electron chi connectivity index (χ3n) is 2.78. The van der Waals surface area contributed by atoms with Crippen LogP contribution in [0.25, 0.3) is 0 Å². The summed E-state index contributed by atoms with van der Waals surface area (Å²) in [6, 6.07) is 14.3. The van der Waals surface area contributed by atoms with Gasteiger partial charge in [0.05, 0.1) is 0 Å². The van der Waals surface area contributed by atoms with Crippen molar-refractivity contribution in [1.82, 2.24) is 0 Å². The number of aromatic nitrogens is 1. The Kier molecular flexibility index (Phi) is 7.08. The van der Waals surface area contributed by atoms with Crippen LogP contribution in [0.3, 0.4) is 0 Å². The van der Waals surface area contributed by atoms with Crippen LogP contribution in [0.4, 0.5) is 5.69 Å². The zero-order valence-electron chi connectivity index (χ0n) is 13.0. The lowest BCUT2D eigenvalue weighted by atomic mass is 10.2. The van der Waals surface area contributed by atoms with E-state index in [0.29, 0.717) is 0 Å². The fraction of sp³-hybridized carbons (Fsp3) is 0.200. The molecule has 0 saturated heterocycles. The molecule has 0 aliphatic rings. The molecule has 7 nitrogen and oxygen atoms in total. The van der Waals surface area contributed by atoms with Gasteiger partial charge in [-0.1, -0.05) is 16.8 Å². The molecule has 0 N–H and O–H groups in total. The number of hydrogen-bond donors (Lipinski definition) is 0. The molecule has 0 amide bonds. The van der Waals surface area contributed by atoms with Crippen LogP contribution in [0.5, 0.6) is 0 Å². The number of nitrogens with zero attached hydrogens (tertiary/aromatic N) is 3. The van der Waals surface area contributed by atoms with Gasteiger partial charge in [-0.15, -0.1) is 10.2 Å². The minimum absolute atomic E-state index is 1.09. The van der Waals surface area contributed by atoms with Crippen molar-refractivity contribution in [2.45, 2.75) is 6.92 Å². The van der Waals surface area contributed by atoms with Crippen molar-refractivity contribution in [3.63, 3.8) is 0 Å². The molecule has 0 radical (unpaired) electrons. The van der Waals surface area contributed by atoms with Gasteiger partial charge in [0.15, 0.2) is 0 Å². The first-order valence-electron chi connectivity index (χ1n) is 6.57. The summed E-state index contributed by atoms with van der Waals surface area (Å²) in [6.07, 6.45) is 3.81. The SMILES string of the molecule is Cc1cccc[n+]1/N=C/c1ccc(N(C)C)cc1.[O-][Cl+3]([O-])([O-])[O-]. The smallest absolute Gasteiger partial charge is 0.211 e. The topological polar surface area (TPSA) is 112 Å². The summed E-state index contributed by atoms with van der Waals surface area (Å²) in [7, 11) is -0.876. The summed E-state index contributed by atoms with van der Waals surface area (Å²) in [5.74, 6) is 0. The summed E-state index contributed by atoms with van der Waals surface area (Å²) < 4.78 is 35.8. The Bertz CT molecular complexity index is 634. The van der Waals surface area contributed by atoms with Crippen LogP contribution in [-0.4, -0.2) is 20.3 Å². The predicted molar refractivity (Wildman–Crippen MR) is 75.1 cm³/mol. The average molecular weight is 340 g/mol. The normalized spacial score (nSPS) is 11.1. The lowest BCUT2D eigenvalue weighted by Gasteiger charge is -2.17. The second-order valence-corrected chi connectivity index (χ2v) is 5.55. The van der Waals surface area contributed by atoms with E-state index in [9.17, 15) is 0 Å². The van der Waals surface area contributed by atoms with Crippen molar-refractivity contribution in [1.29, 1.82) is 0 Å². The molecular weight excluding hydrogens is 322 g/mol. The van der Waals surface area contributed by atoms with Gasteiger partial charge in [-0.25, -0.2) is 18.6 Å². The Morgan fingerprint density at radius 1 is 1.00 bits per heavy atom. The fourth-order valence-electron chi connectivity index (χ4n) is 1.64. The molecular formula is C15H18ClN3O4. The third kappa shape index (κ3) is 8.24. The first kappa shape index (κ1) is 19.0. The molecule has 0 spiro atoms. The van der Waals surface area contributed by atoms with Gasteiger partial charge in [0.1, 0.15) is 6.21 Å². The molecule has 0 unspecified atom stereocenters. The van der Waals surface area contributed by atoms with Crippen LogP contribution in [0.2, 0.25) is 0 Å². The van der Waals surface area contributed by atoms with E-state index in [2.05, 4.69) is 34.3 Å². The second-order valence-electron chi connectivity index (χ2n) is 4.80. The van der Waals surface area contributed by atoms with Gasteiger partial charge in [0.2, 0.25) is 11.9 Å². The first-order chi connectivity index (χ1) is 10.7. The molecule has 124 valence electrons. The maximum Gasteiger partial charge on any atom is 0.211 e. The predicted octanol–water partition coefficient (Wildman–Crippen LogP) is -2.53. The van der Waals surface area contributed by atoms with E-state index in [0.717, 1.165) is 11.3 Å². The number of rotatable bonds is 3. The Morgan fingerprint density at radius 3 is 2.04 bits per heavy atom. The van der Waals surface area contributed by atoms with E-state index in [1.54, 1.807) is 0 Å². The number of hydrogen-bond acceptors (Lipinski definition) is 6. The maximum atomic E-state index is 8.49. The second kappa shape index (κ2) is 8.56. The molecule has 2 aromatic rings. The van der Waals surface area contributed by atoms with Gasteiger partial charge in [-0.3, -0.25) is 0 Å². The summed E-state index contributed by atoms with van der Waals surface area (Å²) >= 11 is 0. The van der Waals surface area contributed by atoms with E-state index in [1.807, 2.05) is 56.3 Å². The quantitative estimate of drug-likeness (QED) is 0.452. The Morgan fingerprint density at radius 2 is 1.57 bits per heavy atom. The lowest BCUT2D eigenvalue weighted by molar-refractivity contribution is -2.00. The molecule has 1 aromatic carbocycles. The molecule has 2 rings (SSSR count). The summed E-state index contributed by atoms with van der Waals surface area (Å²) in [5.41, 5.74) is 3.39. The Hall–Kier alpha value is -2.03. The molecule has 0 aliphatic heterocycles. The molecule has 0 bridgehead atoms. The largest absolute Gasteiger partial charge is 0.378 e. The first-order valence-corrected chi connectivity index (χ1v) is 7.81. The maximum absolute atomic E-state index is 8.49. The number of anilines is 1. The van der Waals surface area contributed by atoms with Crippen LogP contribution in [0.1, 0.15) is 11.3 Å². The molecule has 8 heteroatoms. The van der Waals surface area contributed by atoms with Crippen molar-refractivity contribution in [2.75, 3.05) is 19.0 Å². The van der Waals surface area contributed by atoms with Gasteiger partial charge in [0, 0.05) is 38.8 Å². The minimum atomic E-state index is -4.94. The van der Waals surface area contributed by atoms with Crippen LogP contribution in [0.15, 0.2) is 53.8 Å². The number of pyridine rings is 1. The average Bonchev–Trinajstić information content (AvgIpc) is 2.45. The highest BCUT2D eigenvalue weighted by Gasteiger charge is 2.01. The third-order valence-corrected chi connectivity index (χ3v) is 2.78. The molecule has 1 heterocycles. The molecule has 0 aliphatic carbocycles.